The molecule has 0 N–H and O–H groups in total. The second-order valence-electron chi connectivity index (χ2n) is 33.0. The van der Waals surface area contributed by atoms with E-state index in [2.05, 4.69) is 372 Å². The van der Waals surface area contributed by atoms with E-state index in [0.29, 0.717) is 11.8 Å². The molecule has 6 heterocycles. The predicted molar refractivity (Wildman–Crippen MR) is 479 cm³/mol. The molecule has 4 aliphatic heterocycles. The molecule has 0 bridgehead atoms. The van der Waals surface area contributed by atoms with Crippen LogP contribution in [0.15, 0.2) is 334 Å². The van der Waals surface area contributed by atoms with Crippen molar-refractivity contribution in [2.75, 3.05) is 19.6 Å². The van der Waals surface area contributed by atoms with Crippen LogP contribution in [-0.2, 0) is 10.8 Å². The number of nitrogens with zero attached hydrogens (tertiary/aromatic N) is 4. The van der Waals surface area contributed by atoms with Crippen LogP contribution in [0.25, 0.3) is 109 Å². The summed E-state index contributed by atoms with van der Waals surface area (Å²) in [6, 6.07) is 116. The first kappa shape index (κ1) is 66.5. The Morgan fingerprint density at radius 2 is 0.605 bits per heavy atom. The summed E-state index contributed by atoms with van der Waals surface area (Å²) >= 11 is 1.86. The van der Waals surface area contributed by atoms with Gasteiger partial charge in [-0.2, -0.15) is 0 Å². The van der Waals surface area contributed by atoms with Crippen LogP contribution in [-0.4, -0.2) is 0 Å². The molecule has 0 saturated heterocycles. The maximum atomic E-state index is 6.66. The van der Waals surface area contributed by atoms with Gasteiger partial charge in [0.25, 0.3) is 0 Å². The van der Waals surface area contributed by atoms with Crippen LogP contribution in [0.1, 0.15) is 101 Å². The molecule has 0 aliphatic carbocycles. The Morgan fingerprint density at radius 1 is 0.246 bits per heavy atom. The van der Waals surface area contributed by atoms with Crippen LogP contribution in [0.4, 0.5) is 68.2 Å². The lowest BCUT2D eigenvalue weighted by atomic mass is 9.73. The van der Waals surface area contributed by atoms with Crippen LogP contribution >= 0.6 is 11.8 Å². The van der Waals surface area contributed by atoms with Gasteiger partial charge in [0.2, 0.25) is 0 Å². The SMILES string of the molecule is CC(C)c1ccc2c(N3c4ccccc4C(C)(C)c4cc5c(cc43)oc3ccccc35)c3cc(C(C)C)ccc3c(N3c4ccccc4Sc4ccccc43)c2c1.CC1(C)c2ccccc2N(c2ccc3c4cccc5c(N6c7ccccc7Oc7ccccc76)ccc(c6cccc2c63)c54)c2cc3oc4ccccc4c3cc21. The molecule has 8 heteroatoms. The summed E-state index contributed by atoms with van der Waals surface area (Å²) in [6.45, 7) is 18.7. The normalized spacial score (nSPS) is 14.4. The maximum Gasteiger partial charge on any atom is 0.151 e. The highest BCUT2D eigenvalue weighted by Crippen LogP contribution is 2.63. The van der Waals surface area contributed by atoms with E-state index >= 15 is 0 Å². The molecule has 0 atom stereocenters. The molecule has 7 nitrogen and oxygen atoms in total. The van der Waals surface area contributed by atoms with Gasteiger partial charge in [0.05, 0.1) is 68.2 Å². The Balaban J connectivity index is 0.000000135. The molecule has 0 fully saturated rings. The number of ether oxygens (including phenoxy) is 1. The number of fused-ring (bicyclic) bond motifs is 18. The molecule has 24 rings (SSSR count). The minimum atomic E-state index is -0.257. The second-order valence-corrected chi connectivity index (χ2v) is 34.0. The fraction of sp³-hybridized carbons (Fsp3) is 0.113. The van der Waals surface area contributed by atoms with Crippen molar-refractivity contribution in [3.63, 3.8) is 0 Å². The van der Waals surface area contributed by atoms with Gasteiger partial charge < -0.3 is 33.2 Å². The zero-order valence-corrected chi connectivity index (χ0v) is 65.4. The average Bonchev–Trinajstić information content (AvgIpc) is 0.902. The second kappa shape index (κ2) is 24.6. The van der Waals surface area contributed by atoms with Gasteiger partial charge >= 0.3 is 0 Å². The Bertz CT molecular complexity index is 7390. The highest BCUT2D eigenvalue weighted by Gasteiger charge is 2.42. The molecule has 114 heavy (non-hydrogen) atoms. The number of hydrogen-bond acceptors (Lipinski definition) is 8. The smallest absolute Gasteiger partial charge is 0.151 e. The Labute approximate surface area is 665 Å². The van der Waals surface area contributed by atoms with Crippen LogP contribution < -0.4 is 24.3 Å². The van der Waals surface area contributed by atoms with Gasteiger partial charge in [0, 0.05) is 86.6 Å². The lowest BCUT2D eigenvalue weighted by Crippen LogP contribution is -2.30. The van der Waals surface area contributed by atoms with Crippen molar-refractivity contribution in [2.24, 2.45) is 0 Å². The van der Waals surface area contributed by atoms with E-state index in [4.69, 9.17) is 13.6 Å². The van der Waals surface area contributed by atoms with Gasteiger partial charge in [0.1, 0.15) is 22.3 Å². The number of anilines is 12. The van der Waals surface area contributed by atoms with Crippen molar-refractivity contribution in [3.05, 3.63) is 349 Å². The number of benzene rings is 18. The molecule has 0 spiro atoms. The zero-order valence-electron chi connectivity index (χ0n) is 64.6. The molecule has 18 aromatic carbocycles. The van der Waals surface area contributed by atoms with Gasteiger partial charge in [-0.25, -0.2) is 0 Å². The Kier molecular flexibility index (Phi) is 14.4. The molecule has 0 amide bonds. The van der Waals surface area contributed by atoms with Crippen molar-refractivity contribution in [3.8, 4) is 11.5 Å². The van der Waals surface area contributed by atoms with E-state index in [-0.39, 0.29) is 10.8 Å². The van der Waals surface area contributed by atoms with Crippen LogP contribution in [0, 0.1) is 0 Å². The van der Waals surface area contributed by atoms with Crippen LogP contribution in [0.5, 0.6) is 11.5 Å². The molecular weight excluding hydrogens is 1410 g/mol. The van der Waals surface area contributed by atoms with E-state index in [1.807, 2.05) is 30.0 Å². The Morgan fingerprint density at radius 3 is 1.09 bits per heavy atom. The Hall–Kier alpha value is -13.3. The van der Waals surface area contributed by atoms with Crippen LogP contribution in [0.2, 0.25) is 0 Å². The standard InChI is InChI=1S/C53H34N2O2.C53H44N2OS/c1-53(2)39-18-4-5-19-43(39)54(46-30-50-38(29-40(46)53)31-13-3-8-22-47(31)56-50)41-27-25-34-33-15-12-17-37-42(28-26-35(52(33)37)32-14-11-16-36(41)51(32)34)55-44-20-6-9-23-48(44)57-49-24-10-7-21-45(49)55;1-31(2)33-24-26-37-39(27-33)51(54-43-17-9-8-16-41(43)53(5,6)42-29-38-35-15-7-12-20-47(35)56-48(38)30-46(42)54)36-25-23-34(32(3)4)28-40(36)52(37)55-44-18-10-13-21-49(44)57-50-22-14-11-19-45(50)55/h3-30H,1-2H3;7-32H,1-6H3. The molecule has 0 saturated carbocycles. The third-order valence-electron chi connectivity index (χ3n) is 25.3. The summed E-state index contributed by atoms with van der Waals surface area (Å²) in [5.74, 6) is 2.42. The highest BCUT2D eigenvalue weighted by atomic mass is 32.2. The summed E-state index contributed by atoms with van der Waals surface area (Å²) in [4.78, 5) is 12.5. The fourth-order valence-corrected chi connectivity index (χ4v) is 20.8. The van der Waals surface area contributed by atoms with E-state index in [1.54, 1.807) is 0 Å². The molecule has 546 valence electrons. The quantitative estimate of drug-likeness (QED) is 0.121. The topological polar surface area (TPSA) is 48.5 Å². The van der Waals surface area contributed by atoms with E-state index in [9.17, 15) is 0 Å². The first-order valence-electron chi connectivity index (χ1n) is 39.9. The highest BCUT2D eigenvalue weighted by molar-refractivity contribution is 7.99. The minimum Gasteiger partial charge on any atom is -0.456 e. The molecule has 0 radical (unpaired) electrons. The van der Waals surface area contributed by atoms with Gasteiger partial charge in [-0.3, -0.25) is 0 Å². The van der Waals surface area contributed by atoms with Crippen molar-refractivity contribution in [1.29, 1.82) is 0 Å². The molecular formula is C106H78N4O3S. The van der Waals surface area contributed by atoms with E-state index in [1.165, 1.54) is 142 Å². The first-order valence-corrected chi connectivity index (χ1v) is 40.7. The van der Waals surface area contributed by atoms with Crippen molar-refractivity contribution < 1.29 is 13.6 Å². The van der Waals surface area contributed by atoms with E-state index in [0.717, 1.165) is 89.5 Å². The lowest BCUT2D eigenvalue weighted by molar-refractivity contribution is 0.477. The predicted octanol–water partition coefficient (Wildman–Crippen LogP) is 31.5. The number of para-hydroxylation sites is 10. The number of hydrogen-bond donors (Lipinski definition) is 0. The van der Waals surface area contributed by atoms with Gasteiger partial charge in [-0.1, -0.05) is 261 Å². The molecule has 4 aliphatic rings. The van der Waals surface area contributed by atoms with Crippen molar-refractivity contribution >= 4 is 189 Å². The molecule has 0 unspecified atom stereocenters. The van der Waals surface area contributed by atoms with Gasteiger partial charge in [0.15, 0.2) is 11.5 Å². The minimum absolute atomic E-state index is 0.227. The summed E-state index contributed by atoms with van der Waals surface area (Å²) in [6.07, 6.45) is 0. The van der Waals surface area contributed by atoms with Gasteiger partial charge in [-0.15, -0.1) is 0 Å². The average molecular weight is 1490 g/mol. The summed E-state index contributed by atoms with van der Waals surface area (Å²) in [5, 5.41) is 19.5. The summed E-state index contributed by atoms with van der Waals surface area (Å²) < 4.78 is 19.6. The van der Waals surface area contributed by atoms with Crippen LogP contribution in [0.3, 0.4) is 0 Å². The maximum absolute atomic E-state index is 6.66. The lowest BCUT2D eigenvalue weighted by Gasteiger charge is -2.43. The zero-order chi connectivity index (χ0) is 76.3. The van der Waals surface area contributed by atoms with Crippen molar-refractivity contribution in [1.82, 2.24) is 0 Å². The molecule has 20 aromatic rings. The largest absolute Gasteiger partial charge is 0.456 e. The number of furan rings is 2. The fourth-order valence-electron chi connectivity index (χ4n) is 19.7. The summed E-state index contributed by atoms with van der Waals surface area (Å²) in [7, 11) is 0. The third-order valence-corrected chi connectivity index (χ3v) is 26.4. The first-order chi connectivity index (χ1) is 55.7. The van der Waals surface area contributed by atoms with Gasteiger partial charge in [-0.05, 0) is 187 Å². The monoisotopic (exact) mass is 1490 g/mol. The third kappa shape index (κ3) is 9.52. The van der Waals surface area contributed by atoms with E-state index < -0.39 is 0 Å². The van der Waals surface area contributed by atoms with Crippen molar-refractivity contribution in [2.45, 2.75) is 87.8 Å². The number of rotatable bonds is 6. The summed E-state index contributed by atoms with van der Waals surface area (Å²) in [5.41, 5.74) is 24.9. The molecule has 2 aromatic heterocycles.